The van der Waals surface area contributed by atoms with Crippen LogP contribution in [0.15, 0.2) is 24.3 Å². The largest absolute Gasteiger partial charge is 0.383 e. The Morgan fingerprint density at radius 3 is 2.54 bits per heavy atom. The lowest BCUT2D eigenvalue weighted by molar-refractivity contribution is 0.181. The monoisotopic (exact) mass is 176 g/mol. The molecule has 0 amide bonds. The van der Waals surface area contributed by atoms with E-state index in [1.165, 1.54) is 0 Å². The summed E-state index contributed by atoms with van der Waals surface area (Å²) in [6, 6.07) is 9.15. The second kappa shape index (κ2) is 4.61. The topological polar surface area (TPSA) is 59.0 Å². The lowest BCUT2D eigenvalue weighted by Gasteiger charge is -2.09. The van der Waals surface area contributed by atoms with Crippen molar-refractivity contribution in [2.75, 3.05) is 13.7 Å². The highest BCUT2D eigenvalue weighted by Gasteiger charge is 2.04. The first-order chi connectivity index (χ1) is 6.27. The van der Waals surface area contributed by atoms with E-state index in [0.29, 0.717) is 12.2 Å². The lowest BCUT2D eigenvalue weighted by Crippen LogP contribution is -2.15. The molecule has 13 heavy (non-hydrogen) atoms. The van der Waals surface area contributed by atoms with Gasteiger partial charge in [-0.3, -0.25) is 0 Å². The number of benzene rings is 1. The van der Waals surface area contributed by atoms with Crippen molar-refractivity contribution in [3.8, 4) is 6.07 Å². The van der Waals surface area contributed by atoms with Crippen LogP contribution in [-0.4, -0.2) is 13.7 Å². The van der Waals surface area contributed by atoms with Gasteiger partial charge in [-0.15, -0.1) is 0 Å². The number of nitriles is 1. The van der Waals surface area contributed by atoms with E-state index < -0.39 is 0 Å². The molecule has 0 aliphatic rings. The summed E-state index contributed by atoms with van der Waals surface area (Å²) in [5.41, 5.74) is 7.42. The Bertz CT molecular complexity index is 300. The average molecular weight is 176 g/mol. The molecule has 1 aromatic carbocycles. The molecule has 0 saturated carbocycles. The van der Waals surface area contributed by atoms with Gasteiger partial charge in [0.05, 0.1) is 24.3 Å². The van der Waals surface area contributed by atoms with Gasteiger partial charge in [0.15, 0.2) is 0 Å². The van der Waals surface area contributed by atoms with Crippen LogP contribution in [0.2, 0.25) is 0 Å². The number of nitrogens with two attached hydrogens (primary N) is 1. The highest BCUT2D eigenvalue weighted by Crippen LogP contribution is 2.11. The van der Waals surface area contributed by atoms with Crippen LogP contribution in [0.4, 0.5) is 0 Å². The van der Waals surface area contributed by atoms with Gasteiger partial charge in [0.2, 0.25) is 0 Å². The Balaban J connectivity index is 2.75. The third kappa shape index (κ3) is 2.55. The molecule has 3 nitrogen and oxygen atoms in total. The van der Waals surface area contributed by atoms with Crippen molar-refractivity contribution in [1.82, 2.24) is 0 Å². The fraction of sp³-hybridized carbons (Fsp3) is 0.300. The summed E-state index contributed by atoms with van der Waals surface area (Å²) in [6.45, 7) is 0.492. The van der Waals surface area contributed by atoms with Crippen molar-refractivity contribution in [2.45, 2.75) is 6.04 Å². The molecule has 0 aromatic heterocycles. The van der Waals surface area contributed by atoms with Gasteiger partial charge in [-0.25, -0.2) is 0 Å². The van der Waals surface area contributed by atoms with Gasteiger partial charge in [0, 0.05) is 7.11 Å². The highest BCUT2D eigenvalue weighted by atomic mass is 16.5. The molecule has 3 heteroatoms. The molecule has 1 aromatic rings. The molecule has 0 aliphatic heterocycles. The second-order valence-corrected chi connectivity index (χ2v) is 2.80. The van der Waals surface area contributed by atoms with Crippen LogP contribution in [0.25, 0.3) is 0 Å². The van der Waals surface area contributed by atoms with E-state index in [2.05, 4.69) is 6.07 Å². The van der Waals surface area contributed by atoms with E-state index in [0.717, 1.165) is 5.56 Å². The van der Waals surface area contributed by atoms with Gasteiger partial charge >= 0.3 is 0 Å². The number of nitrogens with zero attached hydrogens (tertiary/aromatic N) is 1. The van der Waals surface area contributed by atoms with Crippen LogP contribution in [0.5, 0.6) is 0 Å². The Morgan fingerprint density at radius 1 is 1.46 bits per heavy atom. The summed E-state index contributed by atoms with van der Waals surface area (Å²) in [6.07, 6.45) is 0. The molecule has 0 spiro atoms. The second-order valence-electron chi connectivity index (χ2n) is 2.80. The molecule has 0 bridgehead atoms. The zero-order chi connectivity index (χ0) is 9.68. The Kier molecular flexibility index (Phi) is 3.44. The van der Waals surface area contributed by atoms with Gasteiger partial charge in [-0.1, -0.05) is 12.1 Å². The molecule has 0 aliphatic carbocycles. The maximum absolute atomic E-state index is 8.56. The zero-order valence-corrected chi connectivity index (χ0v) is 7.53. The predicted octanol–water partition coefficient (Wildman–Crippen LogP) is 1.20. The molecule has 1 rings (SSSR count). The predicted molar refractivity (Wildman–Crippen MR) is 50.0 cm³/mol. The van der Waals surface area contributed by atoms with E-state index in [-0.39, 0.29) is 6.04 Å². The SMILES string of the molecule is COC[C@H](N)c1ccc(C#N)cc1. The molecule has 0 radical (unpaired) electrons. The molecule has 0 saturated heterocycles. The number of methoxy groups -OCH3 is 1. The Morgan fingerprint density at radius 2 is 2.08 bits per heavy atom. The standard InChI is InChI=1S/C10H12N2O/c1-13-7-10(12)9-4-2-8(6-11)3-5-9/h2-5,10H,7,12H2,1H3/t10-/m0/s1. The van der Waals surface area contributed by atoms with E-state index in [1.54, 1.807) is 19.2 Å². The van der Waals surface area contributed by atoms with Crippen LogP contribution in [0, 0.1) is 11.3 Å². The molecular weight excluding hydrogens is 164 g/mol. The van der Waals surface area contributed by atoms with Crippen LogP contribution < -0.4 is 5.73 Å². The minimum absolute atomic E-state index is 0.113. The normalized spacial score (nSPS) is 12.1. The number of rotatable bonds is 3. The van der Waals surface area contributed by atoms with Gasteiger partial charge in [0.1, 0.15) is 0 Å². The molecule has 0 fully saturated rings. The van der Waals surface area contributed by atoms with Crippen LogP contribution in [0.3, 0.4) is 0 Å². The molecule has 1 atom stereocenters. The molecular formula is C10H12N2O. The van der Waals surface area contributed by atoms with Gasteiger partial charge < -0.3 is 10.5 Å². The summed E-state index contributed by atoms with van der Waals surface area (Å²) in [7, 11) is 1.61. The zero-order valence-electron chi connectivity index (χ0n) is 7.53. The van der Waals surface area contributed by atoms with Crippen molar-refractivity contribution in [3.05, 3.63) is 35.4 Å². The number of ether oxygens (including phenoxy) is 1. The first kappa shape index (κ1) is 9.72. The third-order valence-electron chi connectivity index (χ3n) is 1.81. The fourth-order valence-electron chi connectivity index (χ4n) is 1.08. The van der Waals surface area contributed by atoms with Crippen LogP contribution in [0.1, 0.15) is 17.2 Å². The smallest absolute Gasteiger partial charge is 0.0991 e. The first-order valence-corrected chi connectivity index (χ1v) is 4.02. The Hall–Kier alpha value is -1.37. The maximum atomic E-state index is 8.56. The fourth-order valence-corrected chi connectivity index (χ4v) is 1.08. The van der Waals surface area contributed by atoms with Crippen molar-refractivity contribution in [3.63, 3.8) is 0 Å². The summed E-state index contributed by atoms with van der Waals surface area (Å²) in [4.78, 5) is 0. The minimum atomic E-state index is -0.113. The molecule has 68 valence electrons. The summed E-state index contributed by atoms with van der Waals surface area (Å²) >= 11 is 0. The number of hydrogen-bond acceptors (Lipinski definition) is 3. The summed E-state index contributed by atoms with van der Waals surface area (Å²) in [5.74, 6) is 0. The van der Waals surface area contributed by atoms with Gasteiger partial charge in [-0.2, -0.15) is 5.26 Å². The molecule has 0 unspecified atom stereocenters. The van der Waals surface area contributed by atoms with Crippen LogP contribution in [-0.2, 0) is 4.74 Å². The van der Waals surface area contributed by atoms with Crippen molar-refractivity contribution in [2.24, 2.45) is 5.73 Å². The van der Waals surface area contributed by atoms with E-state index in [4.69, 9.17) is 15.7 Å². The quantitative estimate of drug-likeness (QED) is 0.752. The van der Waals surface area contributed by atoms with E-state index in [1.807, 2.05) is 12.1 Å². The number of hydrogen-bond donors (Lipinski definition) is 1. The van der Waals surface area contributed by atoms with E-state index in [9.17, 15) is 0 Å². The molecule has 0 heterocycles. The first-order valence-electron chi connectivity index (χ1n) is 4.02. The van der Waals surface area contributed by atoms with Gasteiger partial charge in [-0.05, 0) is 17.7 Å². The maximum Gasteiger partial charge on any atom is 0.0991 e. The summed E-state index contributed by atoms with van der Waals surface area (Å²) < 4.78 is 4.92. The Labute approximate surface area is 77.7 Å². The van der Waals surface area contributed by atoms with Crippen molar-refractivity contribution >= 4 is 0 Å². The van der Waals surface area contributed by atoms with E-state index >= 15 is 0 Å². The van der Waals surface area contributed by atoms with Crippen molar-refractivity contribution < 1.29 is 4.74 Å². The van der Waals surface area contributed by atoms with Gasteiger partial charge in [0.25, 0.3) is 0 Å². The van der Waals surface area contributed by atoms with Crippen LogP contribution >= 0.6 is 0 Å². The highest BCUT2D eigenvalue weighted by molar-refractivity contribution is 5.32. The average Bonchev–Trinajstić information content (AvgIpc) is 2.18. The van der Waals surface area contributed by atoms with Crippen molar-refractivity contribution in [1.29, 1.82) is 5.26 Å². The summed E-state index contributed by atoms with van der Waals surface area (Å²) in [5, 5.41) is 8.56. The third-order valence-corrected chi connectivity index (χ3v) is 1.81. The lowest BCUT2D eigenvalue weighted by atomic mass is 10.1. The molecule has 2 N–H and O–H groups in total. The minimum Gasteiger partial charge on any atom is -0.383 e.